The molecule has 3 aliphatic carbocycles. The van der Waals surface area contributed by atoms with Gasteiger partial charge in [0.2, 0.25) is 5.78 Å². The number of nitrogens with zero attached hydrogens (tertiary/aromatic N) is 3. The van der Waals surface area contributed by atoms with Crippen molar-refractivity contribution >= 4 is 29.2 Å². The number of nitrogens with two attached hydrogens (primary N) is 1. The number of halogens is 3. The van der Waals surface area contributed by atoms with E-state index in [-0.39, 0.29) is 36.1 Å². The Kier molecular flexibility index (Phi) is 7.20. The third-order valence-electron chi connectivity index (χ3n) is 8.48. The van der Waals surface area contributed by atoms with Crippen molar-refractivity contribution in [2.75, 3.05) is 38.4 Å². The molecule has 4 unspecified atom stereocenters. The van der Waals surface area contributed by atoms with Gasteiger partial charge in [-0.2, -0.15) is 18.2 Å². The minimum atomic E-state index is -4.74. The first-order chi connectivity index (χ1) is 20.4. The lowest BCUT2D eigenvalue weighted by Crippen LogP contribution is -2.63. The lowest BCUT2D eigenvalue weighted by atomic mass is 9.58. The SMILES string of the molecule is CN(C)c1cc(CNc2nc(C(F)(F)F)co2)c(O)c2c1CC1CC3C(N(C)C)C(O)=C(C(N)=O)C(=O)C3(O)C(O)=C1C2=O. The van der Waals surface area contributed by atoms with Crippen molar-refractivity contribution in [1.29, 1.82) is 0 Å². The third kappa shape index (κ3) is 4.47. The number of amides is 1. The number of likely N-dealkylation sites (N-methyl/N-ethyl adjacent to an activating group) is 1. The molecule has 1 heterocycles. The van der Waals surface area contributed by atoms with Gasteiger partial charge >= 0.3 is 6.18 Å². The molecule has 5 rings (SSSR count). The minimum absolute atomic E-state index is 0.0675. The highest BCUT2D eigenvalue weighted by atomic mass is 19.4. The first-order valence-electron chi connectivity index (χ1n) is 13.4. The van der Waals surface area contributed by atoms with E-state index in [4.69, 9.17) is 10.2 Å². The number of phenolic OH excluding ortho intramolecular Hbond substituents is 1. The van der Waals surface area contributed by atoms with E-state index in [1.54, 1.807) is 19.0 Å². The first-order valence-corrected chi connectivity index (χ1v) is 13.4. The topological polar surface area (TPSA) is 203 Å². The smallest absolute Gasteiger partial charge is 0.436 e. The van der Waals surface area contributed by atoms with E-state index in [1.165, 1.54) is 25.1 Å². The number of aliphatic hydroxyl groups excluding tert-OH is 2. The van der Waals surface area contributed by atoms with Crippen molar-refractivity contribution in [3.63, 3.8) is 0 Å². The Hall–Kier alpha value is -4.57. The number of carbonyl (C=O) groups is 3. The maximum absolute atomic E-state index is 14.1. The van der Waals surface area contributed by atoms with Crippen LogP contribution in [0.3, 0.4) is 0 Å². The maximum Gasteiger partial charge on any atom is 0.436 e. The Morgan fingerprint density at radius 2 is 1.86 bits per heavy atom. The summed E-state index contributed by atoms with van der Waals surface area (Å²) < 4.78 is 43.6. The summed E-state index contributed by atoms with van der Waals surface area (Å²) in [5, 5.41) is 47.9. The fraction of sp³-hybridized carbons (Fsp3) is 0.429. The number of primary amides is 1. The summed E-state index contributed by atoms with van der Waals surface area (Å²) in [5.74, 6) is -7.74. The molecule has 1 aromatic heterocycles. The van der Waals surface area contributed by atoms with Gasteiger partial charge in [0.15, 0.2) is 17.1 Å². The molecular weight excluding hydrogens is 591 g/mol. The highest BCUT2D eigenvalue weighted by Crippen LogP contribution is 2.53. The quantitative estimate of drug-likeness (QED) is 0.256. The number of carbonyl (C=O) groups excluding carboxylic acids is 3. The van der Waals surface area contributed by atoms with Gasteiger partial charge in [-0.15, -0.1) is 0 Å². The third-order valence-corrected chi connectivity index (χ3v) is 8.48. The molecule has 3 aliphatic rings. The molecule has 1 amide bonds. The van der Waals surface area contributed by atoms with Crippen molar-refractivity contribution in [2.24, 2.45) is 17.6 Å². The number of aliphatic hydroxyl groups is 3. The molecule has 0 fully saturated rings. The van der Waals surface area contributed by atoms with Gasteiger partial charge in [0, 0.05) is 43.4 Å². The summed E-state index contributed by atoms with van der Waals surface area (Å²) in [4.78, 5) is 46.1. The van der Waals surface area contributed by atoms with E-state index in [0.717, 1.165) is 0 Å². The number of ketones is 2. The Morgan fingerprint density at radius 3 is 2.41 bits per heavy atom. The number of benzene rings is 1. The van der Waals surface area contributed by atoms with E-state index in [2.05, 4.69) is 10.3 Å². The summed E-state index contributed by atoms with van der Waals surface area (Å²) in [6.07, 6.45) is -4.32. The summed E-state index contributed by atoms with van der Waals surface area (Å²) >= 11 is 0. The monoisotopic (exact) mass is 621 g/mol. The Bertz CT molecular complexity index is 1660. The number of oxazole rings is 1. The number of Topliss-reactive ketones (excluding diaryl/α,β-unsaturated/α-hetero) is 2. The number of alkyl halides is 3. The van der Waals surface area contributed by atoms with E-state index in [0.29, 0.717) is 17.5 Å². The number of rotatable bonds is 6. The highest BCUT2D eigenvalue weighted by molar-refractivity contribution is 6.25. The van der Waals surface area contributed by atoms with Crippen LogP contribution in [0, 0.1) is 11.8 Å². The van der Waals surface area contributed by atoms with E-state index < -0.39 is 81.7 Å². The van der Waals surface area contributed by atoms with Gasteiger partial charge < -0.3 is 40.8 Å². The average molecular weight is 622 g/mol. The molecule has 0 bridgehead atoms. The zero-order valence-electron chi connectivity index (χ0n) is 24.0. The number of nitrogens with one attached hydrogen (secondary N) is 1. The second-order valence-corrected chi connectivity index (χ2v) is 11.5. The Morgan fingerprint density at radius 1 is 1.20 bits per heavy atom. The van der Waals surface area contributed by atoms with Crippen LogP contribution in [0.25, 0.3) is 0 Å². The van der Waals surface area contributed by atoms with Crippen LogP contribution in [0.2, 0.25) is 0 Å². The zero-order valence-corrected chi connectivity index (χ0v) is 24.0. The number of phenols is 1. The molecule has 0 saturated heterocycles. The van der Waals surface area contributed by atoms with Crippen LogP contribution < -0.4 is 16.0 Å². The molecule has 7 N–H and O–H groups in total. The molecular formula is C28H30F3N5O8. The fourth-order valence-electron chi connectivity index (χ4n) is 6.54. The van der Waals surface area contributed by atoms with Crippen LogP contribution >= 0.6 is 0 Å². The summed E-state index contributed by atoms with van der Waals surface area (Å²) in [7, 11) is 6.42. The number of aromatic nitrogens is 1. The zero-order chi connectivity index (χ0) is 32.6. The molecule has 13 nitrogen and oxygen atoms in total. The molecule has 4 atom stereocenters. The average Bonchev–Trinajstić information content (AvgIpc) is 3.39. The summed E-state index contributed by atoms with van der Waals surface area (Å²) in [6.45, 7) is -0.319. The molecule has 1 aromatic carbocycles. The van der Waals surface area contributed by atoms with Crippen molar-refractivity contribution < 1.29 is 52.4 Å². The van der Waals surface area contributed by atoms with Gasteiger partial charge in [-0.05, 0) is 44.5 Å². The predicted octanol–water partition coefficient (Wildman–Crippen LogP) is 1.81. The van der Waals surface area contributed by atoms with Crippen molar-refractivity contribution in [1.82, 2.24) is 9.88 Å². The summed E-state index contributed by atoms with van der Waals surface area (Å²) in [6, 6.07) is -0.0689. The fourth-order valence-corrected chi connectivity index (χ4v) is 6.54. The van der Waals surface area contributed by atoms with Crippen LogP contribution in [0.5, 0.6) is 5.75 Å². The van der Waals surface area contributed by atoms with Crippen LogP contribution in [0.1, 0.15) is 33.6 Å². The van der Waals surface area contributed by atoms with Crippen LogP contribution in [0.15, 0.2) is 39.4 Å². The molecule has 0 saturated carbocycles. The maximum atomic E-state index is 14.1. The number of allylic oxidation sites excluding steroid dienone is 1. The van der Waals surface area contributed by atoms with Crippen molar-refractivity contribution in [3.8, 4) is 5.75 Å². The second-order valence-electron chi connectivity index (χ2n) is 11.5. The summed E-state index contributed by atoms with van der Waals surface area (Å²) in [5.41, 5.74) is 0.758. The molecule has 44 heavy (non-hydrogen) atoms. The molecule has 16 heteroatoms. The van der Waals surface area contributed by atoms with Gasteiger partial charge in [0.1, 0.15) is 29.1 Å². The number of hydrogen-bond donors (Lipinski definition) is 6. The van der Waals surface area contributed by atoms with Gasteiger partial charge in [-0.1, -0.05) is 0 Å². The molecule has 0 radical (unpaired) electrons. The Balaban J connectivity index is 1.61. The normalized spacial score (nSPS) is 25.2. The van der Waals surface area contributed by atoms with Gasteiger partial charge in [-0.25, -0.2) is 0 Å². The molecule has 0 aliphatic heterocycles. The lowest BCUT2D eigenvalue weighted by molar-refractivity contribution is -0.148. The predicted molar refractivity (Wildman–Crippen MR) is 147 cm³/mol. The number of fused-ring (bicyclic) bond motifs is 3. The van der Waals surface area contributed by atoms with Crippen LogP contribution in [-0.2, 0) is 28.7 Å². The van der Waals surface area contributed by atoms with Crippen molar-refractivity contribution in [3.05, 3.63) is 57.4 Å². The minimum Gasteiger partial charge on any atom is -0.510 e. The molecule has 2 aromatic rings. The van der Waals surface area contributed by atoms with Crippen molar-refractivity contribution in [2.45, 2.75) is 37.2 Å². The van der Waals surface area contributed by atoms with E-state index in [1.807, 2.05) is 0 Å². The largest absolute Gasteiger partial charge is 0.510 e. The van der Waals surface area contributed by atoms with Gasteiger partial charge in [0.25, 0.3) is 11.9 Å². The molecule has 236 valence electrons. The van der Waals surface area contributed by atoms with Crippen LogP contribution in [-0.4, -0.2) is 87.6 Å². The number of hydrogen-bond acceptors (Lipinski definition) is 12. The van der Waals surface area contributed by atoms with E-state index >= 15 is 0 Å². The lowest BCUT2D eigenvalue weighted by Gasteiger charge is -2.50. The molecule has 0 spiro atoms. The second kappa shape index (κ2) is 10.3. The number of anilines is 2. The van der Waals surface area contributed by atoms with Crippen LogP contribution in [0.4, 0.5) is 24.9 Å². The van der Waals surface area contributed by atoms with Gasteiger partial charge in [-0.3, -0.25) is 19.3 Å². The van der Waals surface area contributed by atoms with E-state index in [9.17, 15) is 48.0 Å². The van der Waals surface area contributed by atoms with Gasteiger partial charge in [0.05, 0.1) is 11.6 Å². The highest BCUT2D eigenvalue weighted by Gasteiger charge is 2.63. The first kappa shape index (κ1) is 30.9. The standard InChI is InChI=1S/C28H30F3N5O8/c1-35(2)14-7-11(8-33-26-34-15(9-44-26)28(29,30)31)20(37)17-12(14)5-10-6-13-19(36(3)4)22(39)18(25(32)42)24(41)27(13,43)23(40)16(10)21(17)38/h7,9-10,13,19,37,39-40,43H,5-6,8H2,1-4H3,(H2,32,42)(H,33,34). The number of aromatic hydroxyl groups is 1. The Labute approximate surface area is 248 Å².